The summed E-state index contributed by atoms with van der Waals surface area (Å²) in [5.41, 5.74) is 1.38. The van der Waals surface area contributed by atoms with Crippen LogP contribution in [0.25, 0.3) is 0 Å². The molecule has 1 aliphatic rings. The lowest BCUT2D eigenvalue weighted by Crippen LogP contribution is -2.55. The predicted octanol–water partition coefficient (Wildman–Crippen LogP) is 2.87. The van der Waals surface area contributed by atoms with Crippen molar-refractivity contribution in [3.8, 4) is 5.75 Å². The Balaban J connectivity index is 1.54. The van der Waals surface area contributed by atoms with Gasteiger partial charge in [-0.2, -0.15) is 0 Å². The molecule has 1 aromatic carbocycles. The van der Waals surface area contributed by atoms with Crippen LogP contribution in [0.5, 0.6) is 5.75 Å². The molecule has 1 aliphatic heterocycles. The molecule has 1 saturated heterocycles. The van der Waals surface area contributed by atoms with Crippen LogP contribution < -0.4 is 10.1 Å². The van der Waals surface area contributed by atoms with Crippen molar-refractivity contribution in [1.82, 2.24) is 15.2 Å². The molecule has 0 radical (unpaired) electrons. The Kier molecular flexibility index (Phi) is 6.46. The molecule has 1 amide bonds. The van der Waals surface area contributed by atoms with Crippen LogP contribution in [0.15, 0.2) is 29.6 Å². The number of rotatable bonds is 7. The van der Waals surface area contributed by atoms with E-state index >= 15 is 0 Å². The van der Waals surface area contributed by atoms with Crippen LogP contribution in [-0.4, -0.2) is 54.2 Å². The molecule has 1 N–H and O–H groups in total. The highest BCUT2D eigenvalue weighted by atomic mass is 32.1. The van der Waals surface area contributed by atoms with Crippen LogP contribution in [0.1, 0.15) is 34.9 Å². The van der Waals surface area contributed by atoms with Gasteiger partial charge < -0.3 is 14.8 Å². The average Bonchev–Trinajstić information content (AvgIpc) is 3.11. The number of benzene rings is 1. The van der Waals surface area contributed by atoms with Crippen molar-refractivity contribution in [2.45, 2.75) is 32.9 Å². The molecule has 2 heterocycles. The van der Waals surface area contributed by atoms with Crippen molar-refractivity contribution >= 4 is 17.2 Å². The molecule has 0 unspecified atom stereocenters. The maximum Gasteiger partial charge on any atom is 0.251 e. The van der Waals surface area contributed by atoms with Gasteiger partial charge in [0.2, 0.25) is 0 Å². The minimum atomic E-state index is -0.115. The van der Waals surface area contributed by atoms with Gasteiger partial charge in [-0.1, -0.05) is 6.07 Å². The van der Waals surface area contributed by atoms with Crippen molar-refractivity contribution in [2.75, 3.05) is 32.8 Å². The first-order valence-electron chi connectivity index (χ1n) is 9.19. The van der Waals surface area contributed by atoms with Gasteiger partial charge in [0, 0.05) is 36.1 Å². The van der Waals surface area contributed by atoms with Gasteiger partial charge in [-0.25, -0.2) is 4.98 Å². The number of thiazole rings is 1. The van der Waals surface area contributed by atoms with Crippen LogP contribution >= 0.6 is 11.3 Å². The first-order chi connectivity index (χ1) is 12.9. The number of amides is 1. The van der Waals surface area contributed by atoms with Gasteiger partial charge in [0.1, 0.15) is 12.4 Å². The number of hydrogen-bond acceptors (Lipinski definition) is 6. The molecule has 146 valence electrons. The van der Waals surface area contributed by atoms with Crippen molar-refractivity contribution in [1.29, 1.82) is 0 Å². The number of aromatic nitrogens is 1. The Morgan fingerprint density at radius 1 is 1.37 bits per heavy atom. The lowest BCUT2D eigenvalue weighted by molar-refractivity contribution is -0.00923. The molecule has 0 atom stereocenters. The number of carbonyl (C=O) groups excluding carboxylic acids is 1. The standard InChI is InChI=1S/C20H27N3O3S/c1-15-22-17(13-27-15)12-26-18-6-4-5-16(11-18)19(24)21-14-20(2,3)23-7-9-25-10-8-23/h4-6,11,13H,7-10,12,14H2,1-3H3,(H,21,24). The number of carbonyl (C=O) groups is 1. The molecule has 6 nitrogen and oxygen atoms in total. The maximum atomic E-state index is 12.6. The SMILES string of the molecule is Cc1nc(COc2cccc(C(=O)NCC(C)(C)N3CCOCC3)c2)cs1. The number of nitrogens with one attached hydrogen (secondary N) is 1. The molecule has 0 saturated carbocycles. The fraction of sp³-hybridized carbons (Fsp3) is 0.500. The number of morpholine rings is 1. The fourth-order valence-electron chi connectivity index (χ4n) is 3.04. The quantitative estimate of drug-likeness (QED) is 0.789. The second-order valence-corrected chi connectivity index (χ2v) is 8.33. The highest BCUT2D eigenvalue weighted by Crippen LogP contribution is 2.18. The van der Waals surface area contributed by atoms with E-state index in [2.05, 4.69) is 29.0 Å². The summed E-state index contributed by atoms with van der Waals surface area (Å²) in [5, 5.41) is 6.06. The van der Waals surface area contributed by atoms with Crippen molar-refractivity contribution in [2.24, 2.45) is 0 Å². The van der Waals surface area contributed by atoms with E-state index in [0.29, 0.717) is 24.5 Å². The molecule has 1 aromatic heterocycles. The number of hydrogen-bond donors (Lipinski definition) is 1. The number of nitrogens with zero attached hydrogens (tertiary/aromatic N) is 2. The monoisotopic (exact) mass is 389 g/mol. The second-order valence-electron chi connectivity index (χ2n) is 7.27. The Bertz CT molecular complexity index is 769. The topological polar surface area (TPSA) is 63.7 Å². The summed E-state index contributed by atoms with van der Waals surface area (Å²) in [6, 6.07) is 7.27. The summed E-state index contributed by atoms with van der Waals surface area (Å²) in [5.74, 6) is 0.576. The molecule has 7 heteroatoms. The van der Waals surface area contributed by atoms with Crippen LogP contribution in [0, 0.1) is 6.92 Å². The van der Waals surface area contributed by atoms with E-state index in [9.17, 15) is 4.79 Å². The maximum absolute atomic E-state index is 12.6. The summed E-state index contributed by atoms with van der Waals surface area (Å²) in [7, 11) is 0. The zero-order valence-corrected chi connectivity index (χ0v) is 17.0. The van der Waals surface area contributed by atoms with Crippen LogP contribution in [0.2, 0.25) is 0 Å². The Morgan fingerprint density at radius 3 is 2.85 bits per heavy atom. The van der Waals surface area contributed by atoms with Crippen LogP contribution in [-0.2, 0) is 11.3 Å². The summed E-state index contributed by atoms with van der Waals surface area (Å²) in [6.07, 6.45) is 0. The molecule has 2 aromatic rings. The van der Waals surface area contributed by atoms with Gasteiger partial charge in [-0.15, -0.1) is 11.3 Å². The third-order valence-corrected chi connectivity index (χ3v) is 5.52. The third-order valence-electron chi connectivity index (χ3n) is 4.70. The Morgan fingerprint density at radius 2 is 2.15 bits per heavy atom. The summed E-state index contributed by atoms with van der Waals surface area (Å²) in [4.78, 5) is 19.3. The number of aryl methyl sites for hydroxylation is 1. The normalized spacial score (nSPS) is 15.5. The minimum absolute atomic E-state index is 0.0914. The Hall–Kier alpha value is -1.96. The van der Waals surface area contributed by atoms with Crippen LogP contribution in [0.3, 0.4) is 0 Å². The van der Waals surface area contributed by atoms with Crippen molar-refractivity contribution < 1.29 is 14.3 Å². The van der Waals surface area contributed by atoms with E-state index in [1.807, 2.05) is 24.4 Å². The average molecular weight is 390 g/mol. The van der Waals surface area contributed by atoms with E-state index in [1.165, 1.54) is 0 Å². The molecule has 1 fully saturated rings. The third kappa shape index (κ3) is 5.51. The van der Waals surface area contributed by atoms with Crippen LogP contribution in [0.4, 0.5) is 0 Å². The molecule has 0 bridgehead atoms. The zero-order valence-electron chi connectivity index (χ0n) is 16.2. The summed E-state index contributed by atoms with van der Waals surface area (Å²) in [6.45, 7) is 10.5. The van der Waals surface area contributed by atoms with Gasteiger partial charge in [-0.3, -0.25) is 9.69 Å². The van der Waals surface area contributed by atoms with E-state index in [0.717, 1.165) is 37.0 Å². The summed E-state index contributed by atoms with van der Waals surface area (Å²) >= 11 is 1.60. The molecule has 0 spiro atoms. The minimum Gasteiger partial charge on any atom is -0.487 e. The van der Waals surface area contributed by atoms with E-state index < -0.39 is 0 Å². The van der Waals surface area contributed by atoms with Crippen molar-refractivity contribution in [3.63, 3.8) is 0 Å². The largest absolute Gasteiger partial charge is 0.487 e. The lowest BCUT2D eigenvalue weighted by atomic mass is 10.0. The van der Waals surface area contributed by atoms with Gasteiger partial charge in [0.05, 0.1) is 23.9 Å². The van der Waals surface area contributed by atoms with Gasteiger partial charge >= 0.3 is 0 Å². The zero-order chi connectivity index (χ0) is 19.3. The van der Waals surface area contributed by atoms with E-state index in [4.69, 9.17) is 9.47 Å². The number of ether oxygens (including phenoxy) is 2. The first-order valence-corrected chi connectivity index (χ1v) is 10.1. The van der Waals surface area contributed by atoms with E-state index in [1.54, 1.807) is 23.5 Å². The predicted molar refractivity (Wildman–Crippen MR) is 106 cm³/mol. The highest BCUT2D eigenvalue weighted by molar-refractivity contribution is 7.09. The first kappa shape index (κ1) is 19.8. The smallest absolute Gasteiger partial charge is 0.251 e. The van der Waals surface area contributed by atoms with Gasteiger partial charge in [0.15, 0.2) is 0 Å². The highest BCUT2D eigenvalue weighted by Gasteiger charge is 2.28. The second kappa shape index (κ2) is 8.82. The fourth-order valence-corrected chi connectivity index (χ4v) is 3.64. The van der Waals surface area contributed by atoms with Gasteiger partial charge in [-0.05, 0) is 39.0 Å². The molecular weight excluding hydrogens is 362 g/mol. The molecule has 27 heavy (non-hydrogen) atoms. The van der Waals surface area contributed by atoms with E-state index in [-0.39, 0.29) is 11.4 Å². The Labute approximate surface area is 164 Å². The molecule has 0 aliphatic carbocycles. The van der Waals surface area contributed by atoms with Gasteiger partial charge in [0.25, 0.3) is 5.91 Å². The lowest BCUT2D eigenvalue weighted by Gasteiger charge is -2.40. The molecular formula is C20H27N3O3S. The van der Waals surface area contributed by atoms with Crippen molar-refractivity contribution in [3.05, 3.63) is 45.9 Å². The molecule has 3 rings (SSSR count). The summed E-state index contributed by atoms with van der Waals surface area (Å²) < 4.78 is 11.2.